The van der Waals surface area contributed by atoms with E-state index in [-0.39, 0.29) is 5.82 Å². The van der Waals surface area contributed by atoms with Gasteiger partial charge >= 0.3 is 8.80 Å². The van der Waals surface area contributed by atoms with Gasteiger partial charge in [-0.2, -0.15) is 0 Å². The van der Waals surface area contributed by atoms with Gasteiger partial charge in [0.05, 0.1) is 0 Å². The van der Waals surface area contributed by atoms with Crippen LogP contribution in [0.25, 0.3) is 0 Å². The van der Waals surface area contributed by atoms with Gasteiger partial charge in [-0.05, 0) is 45.4 Å². The fourth-order valence-electron chi connectivity index (χ4n) is 1.85. The van der Waals surface area contributed by atoms with Crippen LogP contribution in [0.5, 0.6) is 0 Å². The minimum absolute atomic E-state index is 0.299. The van der Waals surface area contributed by atoms with Crippen molar-refractivity contribution in [2.45, 2.75) is 27.7 Å². The van der Waals surface area contributed by atoms with Gasteiger partial charge in [0.1, 0.15) is 5.82 Å². The molecule has 0 saturated carbocycles. The van der Waals surface area contributed by atoms with Crippen molar-refractivity contribution < 1.29 is 17.7 Å². The first-order valence-electron chi connectivity index (χ1n) is 6.28. The van der Waals surface area contributed by atoms with Crippen LogP contribution in [0.4, 0.5) is 4.39 Å². The molecule has 0 unspecified atom stereocenters. The summed E-state index contributed by atoms with van der Waals surface area (Å²) in [4.78, 5) is 0. The highest BCUT2D eigenvalue weighted by atomic mass is 28.4. The molecule has 0 aliphatic carbocycles. The molecule has 0 atom stereocenters. The molecule has 1 aromatic carbocycles. The number of rotatable bonds is 7. The maximum atomic E-state index is 13.5. The van der Waals surface area contributed by atoms with Crippen molar-refractivity contribution in [2.24, 2.45) is 0 Å². The Morgan fingerprint density at radius 1 is 1.00 bits per heavy atom. The zero-order valence-corrected chi connectivity index (χ0v) is 12.5. The van der Waals surface area contributed by atoms with E-state index in [1.165, 1.54) is 12.1 Å². The molecule has 102 valence electrons. The molecule has 0 radical (unpaired) electrons. The predicted octanol–water partition coefficient (Wildman–Crippen LogP) is 2.39. The lowest BCUT2D eigenvalue weighted by Gasteiger charge is -2.29. The normalized spacial score (nSPS) is 11.8. The van der Waals surface area contributed by atoms with Crippen LogP contribution in [0.1, 0.15) is 26.3 Å². The van der Waals surface area contributed by atoms with Crippen LogP contribution in [-0.4, -0.2) is 28.6 Å². The van der Waals surface area contributed by atoms with Gasteiger partial charge in [0.25, 0.3) is 0 Å². The predicted molar refractivity (Wildman–Crippen MR) is 71.4 cm³/mol. The van der Waals surface area contributed by atoms with Gasteiger partial charge in [0, 0.05) is 25.0 Å². The van der Waals surface area contributed by atoms with Crippen LogP contribution in [0, 0.1) is 12.7 Å². The van der Waals surface area contributed by atoms with Gasteiger partial charge < -0.3 is 13.3 Å². The molecule has 0 heterocycles. The van der Waals surface area contributed by atoms with Crippen molar-refractivity contribution >= 4 is 14.0 Å². The van der Waals surface area contributed by atoms with E-state index in [0.717, 1.165) is 5.56 Å². The minimum atomic E-state index is -2.99. The fourth-order valence-corrected chi connectivity index (χ4v) is 4.59. The average Bonchev–Trinajstić information content (AvgIpc) is 2.33. The molecule has 0 aromatic heterocycles. The number of aryl methyl sites for hydroxylation is 1. The van der Waals surface area contributed by atoms with Gasteiger partial charge in [-0.1, -0.05) is 6.07 Å². The lowest BCUT2D eigenvalue weighted by Crippen LogP contribution is -2.58. The molecule has 0 bridgehead atoms. The number of halogens is 1. The molecule has 0 amide bonds. The molecule has 5 heteroatoms. The second-order valence-electron chi connectivity index (χ2n) is 3.81. The number of hydrogen-bond donors (Lipinski definition) is 0. The van der Waals surface area contributed by atoms with E-state index in [1.807, 2.05) is 27.7 Å². The summed E-state index contributed by atoms with van der Waals surface area (Å²) in [5.74, 6) is -0.299. The molecular weight excluding hydrogens is 251 g/mol. The Hall–Kier alpha value is -0.753. The van der Waals surface area contributed by atoms with Gasteiger partial charge in [-0.3, -0.25) is 0 Å². The highest BCUT2D eigenvalue weighted by Crippen LogP contribution is 2.14. The Bertz CT molecular complexity index is 367. The van der Waals surface area contributed by atoms with E-state index in [1.54, 1.807) is 6.07 Å². The van der Waals surface area contributed by atoms with E-state index < -0.39 is 8.80 Å². The molecule has 0 fully saturated rings. The highest BCUT2D eigenvalue weighted by molar-refractivity contribution is 6.75. The largest absolute Gasteiger partial charge is 0.537 e. The van der Waals surface area contributed by atoms with Gasteiger partial charge in [0.15, 0.2) is 0 Å². The Kier molecular flexibility index (Phi) is 5.94. The Labute approximate surface area is 109 Å². The van der Waals surface area contributed by atoms with Crippen molar-refractivity contribution in [3.8, 4) is 0 Å². The smallest absolute Gasteiger partial charge is 0.370 e. The van der Waals surface area contributed by atoms with Gasteiger partial charge in [-0.25, -0.2) is 4.39 Å². The van der Waals surface area contributed by atoms with Crippen molar-refractivity contribution in [3.63, 3.8) is 0 Å². The Balaban J connectivity index is 3.24. The van der Waals surface area contributed by atoms with Crippen LogP contribution in [0.3, 0.4) is 0 Å². The van der Waals surface area contributed by atoms with E-state index in [2.05, 4.69) is 0 Å². The first-order chi connectivity index (χ1) is 8.59. The first-order valence-corrected chi connectivity index (χ1v) is 8.00. The quantitative estimate of drug-likeness (QED) is 0.713. The molecule has 18 heavy (non-hydrogen) atoms. The zero-order valence-electron chi connectivity index (χ0n) is 11.5. The third kappa shape index (κ3) is 3.38. The summed E-state index contributed by atoms with van der Waals surface area (Å²) < 4.78 is 30.7. The zero-order chi connectivity index (χ0) is 13.6. The van der Waals surface area contributed by atoms with E-state index in [4.69, 9.17) is 13.3 Å². The molecule has 0 N–H and O–H groups in total. The molecule has 0 aliphatic heterocycles. The molecule has 0 spiro atoms. The number of hydrogen-bond acceptors (Lipinski definition) is 3. The van der Waals surface area contributed by atoms with Crippen LogP contribution in [0.15, 0.2) is 18.2 Å². The van der Waals surface area contributed by atoms with Crippen LogP contribution < -0.4 is 5.19 Å². The maximum Gasteiger partial charge on any atom is 0.537 e. The summed E-state index contributed by atoms with van der Waals surface area (Å²) in [5.41, 5.74) is 0.929. The highest BCUT2D eigenvalue weighted by Gasteiger charge is 2.44. The van der Waals surface area contributed by atoms with E-state index >= 15 is 0 Å². The summed E-state index contributed by atoms with van der Waals surface area (Å²) in [6.45, 7) is 8.98. The monoisotopic (exact) mass is 272 g/mol. The summed E-state index contributed by atoms with van der Waals surface area (Å²) >= 11 is 0. The number of benzene rings is 1. The summed E-state index contributed by atoms with van der Waals surface area (Å²) in [5, 5.41) is 0.716. The maximum absolute atomic E-state index is 13.5. The van der Waals surface area contributed by atoms with Gasteiger partial charge in [0.2, 0.25) is 0 Å². The second kappa shape index (κ2) is 6.99. The van der Waals surface area contributed by atoms with Crippen LogP contribution in [-0.2, 0) is 13.3 Å². The van der Waals surface area contributed by atoms with Crippen LogP contribution >= 0.6 is 0 Å². The Morgan fingerprint density at radius 3 is 1.94 bits per heavy atom. The average molecular weight is 272 g/mol. The van der Waals surface area contributed by atoms with Crippen LogP contribution in [0.2, 0.25) is 0 Å². The van der Waals surface area contributed by atoms with E-state index in [0.29, 0.717) is 25.0 Å². The van der Waals surface area contributed by atoms with Crippen molar-refractivity contribution in [1.29, 1.82) is 0 Å². The lowest BCUT2D eigenvalue weighted by atomic mass is 10.2. The molecule has 1 aromatic rings. The first kappa shape index (κ1) is 15.3. The second-order valence-corrected chi connectivity index (χ2v) is 6.33. The van der Waals surface area contributed by atoms with E-state index in [9.17, 15) is 4.39 Å². The SMILES string of the molecule is CCO[Si](OCC)(OCC)c1cc(F)ccc1C. The van der Waals surface area contributed by atoms with Crippen molar-refractivity contribution in [3.05, 3.63) is 29.6 Å². The summed E-state index contributed by atoms with van der Waals surface area (Å²) in [7, 11) is -2.99. The Morgan fingerprint density at radius 2 is 1.50 bits per heavy atom. The third-order valence-corrected chi connectivity index (χ3v) is 5.74. The molecule has 1 rings (SSSR count). The fraction of sp³-hybridized carbons (Fsp3) is 0.538. The lowest BCUT2D eigenvalue weighted by molar-refractivity contribution is 0.0857. The molecule has 0 saturated heterocycles. The topological polar surface area (TPSA) is 27.7 Å². The van der Waals surface area contributed by atoms with Gasteiger partial charge in [-0.15, -0.1) is 0 Å². The standard InChI is InChI=1S/C13H21FO3Si/c1-5-15-18(16-6-2,17-7-3)13-10-12(14)9-8-11(13)4/h8-10H,5-7H2,1-4H3. The third-order valence-electron chi connectivity index (χ3n) is 2.53. The minimum Gasteiger partial charge on any atom is -0.370 e. The van der Waals surface area contributed by atoms with Crippen molar-refractivity contribution in [1.82, 2.24) is 0 Å². The summed E-state index contributed by atoms with van der Waals surface area (Å²) in [6, 6.07) is 4.62. The molecular formula is C13H21FO3Si. The van der Waals surface area contributed by atoms with Crippen molar-refractivity contribution in [2.75, 3.05) is 19.8 Å². The molecule has 3 nitrogen and oxygen atoms in total. The molecule has 0 aliphatic rings. The summed E-state index contributed by atoms with van der Waals surface area (Å²) in [6.07, 6.45) is 0.